The lowest BCUT2D eigenvalue weighted by Gasteiger charge is -2.26. The number of nitrogens with zero attached hydrogens (tertiary/aromatic N) is 1. The van der Waals surface area contributed by atoms with Crippen LogP contribution in [-0.2, 0) is 16.0 Å². The predicted molar refractivity (Wildman–Crippen MR) is 94.5 cm³/mol. The second-order valence-corrected chi connectivity index (χ2v) is 7.10. The molecule has 0 spiro atoms. The van der Waals surface area contributed by atoms with Crippen LogP contribution in [0.4, 0.5) is 0 Å². The van der Waals surface area contributed by atoms with Gasteiger partial charge in [0.25, 0.3) is 0 Å². The van der Waals surface area contributed by atoms with Crippen LogP contribution in [0.5, 0.6) is 0 Å². The molecule has 1 aromatic rings. The molecule has 1 saturated heterocycles. The maximum Gasteiger partial charge on any atom is 0.243 e. The van der Waals surface area contributed by atoms with E-state index in [1.54, 1.807) is 4.90 Å². The fourth-order valence-electron chi connectivity index (χ4n) is 3.93. The molecule has 2 aliphatic rings. The van der Waals surface area contributed by atoms with Gasteiger partial charge >= 0.3 is 0 Å². The van der Waals surface area contributed by atoms with Crippen LogP contribution < -0.4 is 5.32 Å². The Morgan fingerprint density at radius 3 is 2.38 bits per heavy atom. The summed E-state index contributed by atoms with van der Waals surface area (Å²) in [5.74, 6) is 0.125. The molecule has 24 heavy (non-hydrogen) atoms. The van der Waals surface area contributed by atoms with Gasteiger partial charge < -0.3 is 10.2 Å². The van der Waals surface area contributed by atoms with E-state index in [2.05, 4.69) is 5.32 Å². The van der Waals surface area contributed by atoms with Crippen molar-refractivity contribution in [1.29, 1.82) is 0 Å². The molecule has 1 saturated carbocycles. The number of carbonyl (C=O) groups is 2. The van der Waals surface area contributed by atoms with Gasteiger partial charge in [0.05, 0.1) is 6.42 Å². The zero-order valence-corrected chi connectivity index (χ0v) is 14.4. The van der Waals surface area contributed by atoms with Gasteiger partial charge in [-0.1, -0.05) is 56.0 Å². The molecular weight excluding hydrogens is 300 g/mol. The molecule has 0 bridgehead atoms. The first-order valence-electron chi connectivity index (χ1n) is 9.38. The number of amides is 2. The average molecular weight is 328 g/mol. The standard InChI is InChI=1S/C20H28N2O2/c23-19(15-16-9-4-3-5-10-16)22-14-8-13-18(22)20(24)21-17-11-6-1-2-7-12-17/h3-5,9-10,17-18H,1-2,6-8,11-15H2,(H,21,24)/t18-/m0/s1. The lowest BCUT2D eigenvalue weighted by Crippen LogP contribution is -2.49. The summed E-state index contributed by atoms with van der Waals surface area (Å²) in [6.07, 6.45) is 9.21. The van der Waals surface area contributed by atoms with Crippen LogP contribution in [0.1, 0.15) is 56.9 Å². The molecule has 0 radical (unpaired) electrons. The Morgan fingerprint density at radius 1 is 0.958 bits per heavy atom. The molecule has 2 amide bonds. The van der Waals surface area contributed by atoms with E-state index < -0.39 is 0 Å². The van der Waals surface area contributed by atoms with E-state index in [4.69, 9.17) is 0 Å². The molecule has 4 nitrogen and oxygen atoms in total. The van der Waals surface area contributed by atoms with Gasteiger partial charge in [-0.05, 0) is 31.2 Å². The Balaban J connectivity index is 1.57. The van der Waals surface area contributed by atoms with Crippen LogP contribution in [0.25, 0.3) is 0 Å². The number of rotatable bonds is 4. The van der Waals surface area contributed by atoms with Crippen molar-refractivity contribution in [2.45, 2.75) is 69.9 Å². The van der Waals surface area contributed by atoms with Gasteiger partial charge in [-0.15, -0.1) is 0 Å². The first kappa shape index (κ1) is 17.0. The Labute approximate surface area is 144 Å². The normalized spacial score (nSPS) is 22.2. The average Bonchev–Trinajstić information content (AvgIpc) is 2.95. The van der Waals surface area contributed by atoms with Crippen molar-refractivity contribution in [2.24, 2.45) is 0 Å². The van der Waals surface area contributed by atoms with Gasteiger partial charge in [-0.3, -0.25) is 9.59 Å². The molecule has 1 aromatic carbocycles. The SMILES string of the molecule is O=C(NC1CCCCCC1)[C@@H]1CCCN1C(=O)Cc1ccccc1. The first-order valence-corrected chi connectivity index (χ1v) is 9.38. The lowest BCUT2D eigenvalue weighted by molar-refractivity contribution is -0.138. The summed E-state index contributed by atoms with van der Waals surface area (Å²) in [6, 6.07) is 9.80. The molecule has 1 N–H and O–H groups in total. The van der Waals surface area contributed by atoms with Crippen molar-refractivity contribution in [2.75, 3.05) is 6.54 Å². The highest BCUT2D eigenvalue weighted by Gasteiger charge is 2.34. The molecule has 0 aromatic heterocycles. The minimum absolute atomic E-state index is 0.0563. The fraction of sp³-hybridized carbons (Fsp3) is 0.600. The predicted octanol–water partition coefficient (Wildman–Crippen LogP) is 3.06. The van der Waals surface area contributed by atoms with Crippen molar-refractivity contribution >= 4 is 11.8 Å². The topological polar surface area (TPSA) is 49.4 Å². The number of likely N-dealkylation sites (tertiary alicyclic amines) is 1. The molecule has 1 aliphatic heterocycles. The monoisotopic (exact) mass is 328 g/mol. The second kappa shape index (κ2) is 8.32. The molecule has 1 aliphatic carbocycles. The summed E-state index contributed by atoms with van der Waals surface area (Å²) in [6.45, 7) is 0.703. The van der Waals surface area contributed by atoms with E-state index in [0.29, 0.717) is 19.0 Å². The van der Waals surface area contributed by atoms with E-state index in [0.717, 1.165) is 31.2 Å². The van der Waals surface area contributed by atoms with Crippen LogP contribution in [0.15, 0.2) is 30.3 Å². The Bertz CT molecular complexity index is 550. The van der Waals surface area contributed by atoms with E-state index in [1.807, 2.05) is 30.3 Å². The number of benzene rings is 1. The van der Waals surface area contributed by atoms with Crippen molar-refractivity contribution in [1.82, 2.24) is 10.2 Å². The van der Waals surface area contributed by atoms with Crippen LogP contribution in [0.3, 0.4) is 0 Å². The second-order valence-electron chi connectivity index (χ2n) is 7.10. The van der Waals surface area contributed by atoms with Crippen LogP contribution in [-0.4, -0.2) is 35.3 Å². The summed E-state index contributed by atoms with van der Waals surface area (Å²) >= 11 is 0. The third kappa shape index (κ3) is 4.37. The fourth-order valence-corrected chi connectivity index (χ4v) is 3.93. The number of nitrogens with one attached hydrogen (secondary N) is 1. The van der Waals surface area contributed by atoms with Gasteiger partial charge in [0.1, 0.15) is 6.04 Å². The first-order chi connectivity index (χ1) is 11.7. The molecule has 130 valence electrons. The lowest BCUT2D eigenvalue weighted by atomic mass is 10.1. The number of carbonyl (C=O) groups excluding carboxylic acids is 2. The van der Waals surface area contributed by atoms with Crippen molar-refractivity contribution in [3.63, 3.8) is 0 Å². The third-order valence-electron chi connectivity index (χ3n) is 5.28. The third-order valence-corrected chi connectivity index (χ3v) is 5.28. The van der Waals surface area contributed by atoms with Gasteiger partial charge in [0, 0.05) is 12.6 Å². The summed E-state index contributed by atoms with van der Waals surface area (Å²) in [5.41, 5.74) is 1.01. The zero-order valence-electron chi connectivity index (χ0n) is 14.4. The quantitative estimate of drug-likeness (QED) is 0.864. The van der Waals surface area contributed by atoms with Gasteiger partial charge in [-0.2, -0.15) is 0 Å². The highest BCUT2D eigenvalue weighted by molar-refractivity contribution is 5.89. The van der Waals surface area contributed by atoms with E-state index in [1.165, 1.54) is 25.7 Å². The maximum atomic E-state index is 12.7. The minimum atomic E-state index is -0.274. The molecule has 0 unspecified atom stereocenters. The smallest absolute Gasteiger partial charge is 0.243 e. The van der Waals surface area contributed by atoms with Gasteiger partial charge in [0.15, 0.2) is 0 Å². The largest absolute Gasteiger partial charge is 0.352 e. The summed E-state index contributed by atoms with van der Waals surface area (Å²) in [7, 11) is 0. The Kier molecular flexibility index (Phi) is 5.89. The number of hydrogen-bond acceptors (Lipinski definition) is 2. The Morgan fingerprint density at radius 2 is 1.67 bits per heavy atom. The van der Waals surface area contributed by atoms with Gasteiger partial charge in [-0.25, -0.2) is 0 Å². The summed E-state index contributed by atoms with van der Waals surface area (Å²) in [4.78, 5) is 27.1. The van der Waals surface area contributed by atoms with E-state index in [-0.39, 0.29) is 17.9 Å². The van der Waals surface area contributed by atoms with E-state index in [9.17, 15) is 9.59 Å². The molecule has 2 fully saturated rings. The minimum Gasteiger partial charge on any atom is -0.352 e. The van der Waals surface area contributed by atoms with Crippen molar-refractivity contribution in [3.8, 4) is 0 Å². The van der Waals surface area contributed by atoms with Gasteiger partial charge in [0.2, 0.25) is 11.8 Å². The highest BCUT2D eigenvalue weighted by Crippen LogP contribution is 2.21. The molecule has 3 rings (SSSR count). The van der Waals surface area contributed by atoms with Crippen LogP contribution in [0, 0.1) is 0 Å². The zero-order chi connectivity index (χ0) is 16.8. The van der Waals surface area contributed by atoms with Crippen molar-refractivity contribution in [3.05, 3.63) is 35.9 Å². The molecular formula is C20H28N2O2. The highest BCUT2D eigenvalue weighted by atomic mass is 16.2. The van der Waals surface area contributed by atoms with Crippen LogP contribution in [0.2, 0.25) is 0 Å². The molecule has 1 atom stereocenters. The Hall–Kier alpha value is -1.84. The van der Waals surface area contributed by atoms with E-state index >= 15 is 0 Å². The molecule has 1 heterocycles. The summed E-state index contributed by atoms with van der Waals surface area (Å²) < 4.78 is 0. The maximum absolute atomic E-state index is 12.7. The van der Waals surface area contributed by atoms with Crippen molar-refractivity contribution < 1.29 is 9.59 Å². The van der Waals surface area contributed by atoms with Crippen LogP contribution >= 0.6 is 0 Å². The molecule has 4 heteroatoms. The number of hydrogen-bond donors (Lipinski definition) is 1. The summed E-state index contributed by atoms with van der Waals surface area (Å²) in [5, 5.41) is 3.22.